The summed E-state index contributed by atoms with van der Waals surface area (Å²) in [5.74, 6) is 1.26. The van der Waals surface area contributed by atoms with Crippen molar-refractivity contribution in [2.24, 2.45) is 0 Å². The molecule has 4 heteroatoms. The topological polar surface area (TPSA) is 38.7 Å². The smallest absolute Gasteiger partial charge is 0.164 e. The predicted octanol–water partition coefficient (Wildman–Crippen LogP) is 11.6. The van der Waals surface area contributed by atoms with Crippen LogP contribution in [0.3, 0.4) is 0 Å². The third-order valence-electron chi connectivity index (χ3n) is 10.00. The Hall–Kier alpha value is -4.18. The van der Waals surface area contributed by atoms with E-state index in [1.165, 1.54) is 28.3 Å². The first-order valence-corrected chi connectivity index (χ1v) is 16.9. The number of halogens is 1. The van der Waals surface area contributed by atoms with E-state index in [0.29, 0.717) is 23.0 Å². The molecule has 0 radical (unpaired) electrons. The molecule has 0 N–H and O–H groups in total. The summed E-state index contributed by atoms with van der Waals surface area (Å²) in [5.41, 5.74) is 9.66. The third kappa shape index (κ3) is 6.66. The van der Waals surface area contributed by atoms with Crippen molar-refractivity contribution in [2.75, 3.05) is 0 Å². The van der Waals surface area contributed by atoms with Crippen LogP contribution in [0.2, 0.25) is 0 Å². The van der Waals surface area contributed by atoms with Gasteiger partial charge in [-0.1, -0.05) is 136 Å². The molecule has 1 heterocycles. The van der Waals surface area contributed by atoms with E-state index in [1.807, 2.05) is 6.07 Å². The molecule has 0 unspecified atom stereocenters. The zero-order valence-corrected chi connectivity index (χ0v) is 29.7. The lowest BCUT2D eigenvalue weighted by Crippen LogP contribution is -2.33. The van der Waals surface area contributed by atoms with Gasteiger partial charge in [0.1, 0.15) is 5.82 Å². The first-order valence-electron chi connectivity index (χ1n) is 16.9. The lowest BCUT2D eigenvalue weighted by molar-refractivity contribution is 0.332. The highest BCUT2D eigenvalue weighted by Gasteiger charge is 2.37. The van der Waals surface area contributed by atoms with Gasteiger partial charge in [0.2, 0.25) is 0 Å². The first kappa shape index (κ1) is 32.7. The average molecular weight is 626 g/mol. The number of fused-ring (bicyclic) bond motifs is 1. The highest BCUT2D eigenvalue weighted by molar-refractivity contribution is 5.74. The molecule has 47 heavy (non-hydrogen) atoms. The molecule has 0 saturated carbocycles. The maximum Gasteiger partial charge on any atom is 0.164 e. The fourth-order valence-electron chi connectivity index (χ4n) is 6.66. The van der Waals surface area contributed by atoms with Crippen LogP contribution < -0.4 is 0 Å². The molecule has 6 rings (SSSR count). The zero-order chi connectivity index (χ0) is 33.9. The summed E-state index contributed by atoms with van der Waals surface area (Å²) < 4.78 is 15.5. The van der Waals surface area contributed by atoms with Gasteiger partial charge >= 0.3 is 0 Å². The van der Waals surface area contributed by atoms with Crippen molar-refractivity contribution < 1.29 is 4.39 Å². The Morgan fingerprint density at radius 2 is 0.872 bits per heavy atom. The zero-order valence-electron chi connectivity index (χ0n) is 29.7. The Balaban J connectivity index is 1.49. The van der Waals surface area contributed by atoms with E-state index in [0.717, 1.165) is 35.1 Å². The van der Waals surface area contributed by atoms with Crippen LogP contribution in [0.25, 0.3) is 45.3 Å². The molecule has 0 amide bonds. The number of aromatic nitrogens is 3. The molecular formula is C43H48FN3. The van der Waals surface area contributed by atoms with Gasteiger partial charge in [-0.05, 0) is 86.1 Å². The van der Waals surface area contributed by atoms with Gasteiger partial charge in [0.25, 0.3) is 0 Å². The number of nitrogens with zero attached hydrogens (tertiary/aromatic N) is 3. The van der Waals surface area contributed by atoms with Crippen LogP contribution in [-0.4, -0.2) is 15.0 Å². The summed E-state index contributed by atoms with van der Waals surface area (Å²) in [5, 5.41) is 0. The molecule has 1 aliphatic carbocycles. The maximum absolute atomic E-state index is 15.5. The van der Waals surface area contributed by atoms with Gasteiger partial charge in [0, 0.05) is 16.7 Å². The second kappa shape index (κ2) is 11.5. The van der Waals surface area contributed by atoms with Gasteiger partial charge in [-0.25, -0.2) is 19.3 Å². The van der Waals surface area contributed by atoms with Gasteiger partial charge in [-0.15, -0.1) is 0 Å². The van der Waals surface area contributed by atoms with Crippen molar-refractivity contribution in [3.05, 3.63) is 113 Å². The van der Waals surface area contributed by atoms with E-state index in [4.69, 9.17) is 15.0 Å². The van der Waals surface area contributed by atoms with Crippen LogP contribution in [0.4, 0.5) is 4.39 Å². The lowest BCUT2D eigenvalue weighted by Gasteiger charge is -2.42. The van der Waals surface area contributed by atoms with Gasteiger partial charge in [0.05, 0.1) is 0 Å². The summed E-state index contributed by atoms with van der Waals surface area (Å²) in [4.78, 5) is 14.8. The van der Waals surface area contributed by atoms with Crippen LogP contribution in [0.15, 0.2) is 84.9 Å². The molecular weight excluding hydrogens is 577 g/mol. The van der Waals surface area contributed by atoms with E-state index >= 15 is 4.39 Å². The lowest BCUT2D eigenvalue weighted by atomic mass is 9.63. The van der Waals surface area contributed by atoms with Crippen LogP contribution in [0.5, 0.6) is 0 Å². The Bertz CT molecular complexity index is 1860. The minimum atomic E-state index is -0.317. The molecule has 0 aliphatic heterocycles. The monoisotopic (exact) mass is 625 g/mol. The molecule has 1 aliphatic rings. The quantitative estimate of drug-likeness (QED) is 0.199. The normalized spacial score (nSPS) is 15.7. The van der Waals surface area contributed by atoms with Crippen molar-refractivity contribution in [3.63, 3.8) is 0 Å². The SMILES string of the molecule is CC(C)(C)c1ccc(-c2nc(-c3ccc(C(C)(C)C)cc3)nc(-c3cc(F)cc(-c4ccc5c(c4)C(C)(C)CCC5(C)C)c3)n2)cc1. The Morgan fingerprint density at radius 1 is 0.468 bits per heavy atom. The summed E-state index contributed by atoms with van der Waals surface area (Å²) in [6.07, 6.45) is 2.27. The number of hydrogen-bond donors (Lipinski definition) is 0. The Kier molecular flexibility index (Phi) is 8.02. The summed E-state index contributed by atoms with van der Waals surface area (Å²) >= 11 is 0. The second-order valence-corrected chi connectivity index (χ2v) is 16.7. The van der Waals surface area contributed by atoms with Crippen LogP contribution in [0.1, 0.15) is 104 Å². The van der Waals surface area contributed by atoms with Crippen molar-refractivity contribution in [1.29, 1.82) is 0 Å². The number of hydrogen-bond acceptors (Lipinski definition) is 3. The molecule has 0 saturated heterocycles. The minimum Gasteiger partial charge on any atom is -0.208 e. The molecule has 4 aromatic carbocycles. The molecule has 0 spiro atoms. The van der Waals surface area contributed by atoms with E-state index in [-0.39, 0.29) is 27.5 Å². The molecule has 242 valence electrons. The van der Waals surface area contributed by atoms with Gasteiger partial charge in [-0.2, -0.15) is 0 Å². The Morgan fingerprint density at radius 3 is 1.34 bits per heavy atom. The van der Waals surface area contributed by atoms with Crippen LogP contribution in [0, 0.1) is 5.82 Å². The molecule has 0 fully saturated rings. The van der Waals surface area contributed by atoms with E-state index in [2.05, 4.69) is 136 Å². The fraction of sp³-hybridized carbons (Fsp3) is 0.372. The minimum absolute atomic E-state index is 0.0301. The highest BCUT2D eigenvalue weighted by Crippen LogP contribution is 2.47. The summed E-state index contributed by atoms with van der Waals surface area (Å²) in [6, 6.07) is 28.6. The van der Waals surface area contributed by atoms with Crippen molar-refractivity contribution >= 4 is 0 Å². The van der Waals surface area contributed by atoms with Crippen molar-refractivity contribution in [3.8, 4) is 45.3 Å². The van der Waals surface area contributed by atoms with Crippen LogP contribution >= 0.6 is 0 Å². The van der Waals surface area contributed by atoms with Gasteiger partial charge < -0.3 is 0 Å². The van der Waals surface area contributed by atoms with Crippen molar-refractivity contribution in [1.82, 2.24) is 15.0 Å². The fourth-order valence-corrected chi connectivity index (χ4v) is 6.66. The third-order valence-corrected chi connectivity index (χ3v) is 10.00. The van der Waals surface area contributed by atoms with Gasteiger partial charge in [-0.3, -0.25) is 0 Å². The summed E-state index contributed by atoms with van der Waals surface area (Å²) in [7, 11) is 0. The van der Waals surface area contributed by atoms with Crippen LogP contribution in [-0.2, 0) is 21.7 Å². The predicted molar refractivity (Wildman–Crippen MR) is 194 cm³/mol. The molecule has 5 aromatic rings. The van der Waals surface area contributed by atoms with E-state index < -0.39 is 0 Å². The van der Waals surface area contributed by atoms with Crippen molar-refractivity contribution in [2.45, 2.75) is 104 Å². The summed E-state index contributed by atoms with van der Waals surface area (Å²) in [6.45, 7) is 22.5. The van der Waals surface area contributed by atoms with E-state index in [9.17, 15) is 0 Å². The second-order valence-electron chi connectivity index (χ2n) is 16.7. The maximum atomic E-state index is 15.5. The van der Waals surface area contributed by atoms with Gasteiger partial charge in [0.15, 0.2) is 17.5 Å². The standard InChI is InChI=1S/C43H48FN3/c1-40(2,3)32-16-11-27(12-17-32)37-45-38(28-13-18-33(19-14-28)41(4,5)6)47-39(46-37)31-23-30(24-34(44)25-31)29-15-20-35-36(26-29)43(9,10)22-21-42(35,7)8/h11-20,23-26H,21-22H2,1-10H3. The molecule has 0 bridgehead atoms. The molecule has 3 nitrogen and oxygen atoms in total. The highest BCUT2D eigenvalue weighted by atomic mass is 19.1. The van der Waals surface area contributed by atoms with E-state index in [1.54, 1.807) is 6.07 Å². The Labute approximate surface area is 280 Å². The number of rotatable bonds is 4. The molecule has 0 atom stereocenters. The molecule has 1 aromatic heterocycles. The first-order chi connectivity index (χ1) is 21.9. The largest absolute Gasteiger partial charge is 0.208 e. The number of benzene rings is 4. The average Bonchev–Trinajstić information content (AvgIpc) is 3.02.